The zero-order chi connectivity index (χ0) is 13.1. The average Bonchev–Trinajstić information content (AvgIpc) is 2.28. The van der Waals surface area contributed by atoms with Crippen molar-refractivity contribution in [3.63, 3.8) is 0 Å². The van der Waals surface area contributed by atoms with Crippen molar-refractivity contribution in [3.05, 3.63) is 53.1 Å². The Balaban J connectivity index is 2.15. The van der Waals surface area contributed by atoms with Gasteiger partial charge in [0.25, 0.3) is 0 Å². The van der Waals surface area contributed by atoms with Crippen LogP contribution in [0.5, 0.6) is 0 Å². The molecule has 94 valence electrons. The first kappa shape index (κ1) is 12.5. The topological polar surface area (TPSA) is 37.8 Å². The lowest BCUT2D eigenvalue weighted by Crippen LogP contribution is -2.10. The predicted molar refractivity (Wildman–Crippen MR) is 69.9 cm³/mol. The molecule has 0 bridgehead atoms. The van der Waals surface area contributed by atoms with Crippen molar-refractivity contribution in [2.24, 2.45) is 0 Å². The maximum absolute atomic E-state index is 12.8. The maximum atomic E-state index is 12.8. The van der Waals surface area contributed by atoms with E-state index < -0.39 is 0 Å². The molecule has 2 rings (SSSR count). The van der Waals surface area contributed by atoms with Crippen LogP contribution in [0.15, 0.2) is 30.3 Å². The van der Waals surface area contributed by atoms with Crippen molar-refractivity contribution in [3.8, 4) is 0 Å². The summed E-state index contributed by atoms with van der Waals surface area (Å²) in [7, 11) is 0. The maximum Gasteiger partial charge on any atom is 0.223 e. The molecule has 0 aliphatic carbocycles. The number of benzene rings is 1. The lowest BCUT2D eigenvalue weighted by atomic mass is 10.1. The van der Waals surface area contributed by atoms with Gasteiger partial charge in [-0.25, -0.2) is 14.4 Å². The van der Waals surface area contributed by atoms with E-state index in [0.717, 1.165) is 17.0 Å². The second-order valence-electron chi connectivity index (χ2n) is 4.39. The molecule has 0 radical (unpaired) electrons. The molecule has 1 N–H and O–H groups in total. The standard InChI is InChI=1S/C14H16FN3/c1-9-8-10(2)17-14(16-9)18-11(3)12-4-6-13(15)7-5-12/h4-8,11H,1-3H3,(H,16,17,18). The smallest absolute Gasteiger partial charge is 0.223 e. The minimum atomic E-state index is -0.228. The number of rotatable bonds is 3. The van der Waals surface area contributed by atoms with E-state index in [0.29, 0.717) is 5.95 Å². The SMILES string of the molecule is Cc1cc(C)nc(NC(C)c2ccc(F)cc2)n1. The Labute approximate surface area is 106 Å². The molecule has 0 saturated heterocycles. The van der Waals surface area contributed by atoms with Crippen LogP contribution in [0, 0.1) is 19.7 Å². The molecular weight excluding hydrogens is 229 g/mol. The average molecular weight is 245 g/mol. The van der Waals surface area contributed by atoms with Crippen LogP contribution >= 0.6 is 0 Å². The van der Waals surface area contributed by atoms with Gasteiger partial charge in [0, 0.05) is 11.4 Å². The molecule has 1 atom stereocenters. The first-order chi connectivity index (χ1) is 8.54. The Bertz CT molecular complexity index is 517. The highest BCUT2D eigenvalue weighted by atomic mass is 19.1. The molecule has 0 amide bonds. The number of hydrogen-bond donors (Lipinski definition) is 1. The monoisotopic (exact) mass is 245 g/mol. The van der Waals surface area contributed by atoms with Crippen molar-refractivity contribution in [2.45, 2.75) is 26.8 Å². The number of aromatic nitrogens is 2. The highest BCUT2D eigenvalue weighted by Gasteiger charge is 2.07. The largest absolute Gasteiger partial charge is 0.348 e. The highest BCUT2D eigenvalue weighted by Crippen LogP contribution is 2.17. The third kappa shape index (κ3) is 3.03. The second-order valence-corrected chi connectivity index (χ2v) is 4.39. The van der Waals surface area contributed by atoms with Crippen LogP contribution in [0.25, 0.3) is 0 Å². The van der Waals surface area contributed by atoms with Gasteiger partial charge < -0.3 is 5.32 Å². The zero-order valence-electron chi connectivity index (χ0n) is 10.7. The third-order valence-corrected chi connectivity index (χ3v) is 2.70. The fourth-order valence-electron chi connectivity index (χ4n) is 1.82. The van der Waals surface area contributed by atoms with E-state index in [1.54, 1.807) is 12.1 Å². The van der Waals surface area contributed by atoms with E-state index in [1.807, 2.05) is 26.8 Å². The van der Waals surface area contributed by atoms with Gasteiger partial charge >= 0.3 is 0 Å². The molecule has 0 spiro atoms. The van der Waals surface area contributed by atoms with Gasteiger partial charge in [0.15, 0.2) is 0 Å². The molecule has 0 saturated carbocycles. The van der Waals surface area contributed by atoms with Gasteiger partial charge in [0.2, 0.25) is 5.95 Å². The molecule has 1 heterocycles. The molecule has 0 aliphatic rings. The summed E-state index contributed by atoms with van der Waals surface area (Å²) in [5.41, 5.74) is 2.85. The number of nitrogens with zero attached hydrogens (tertiary/aromatic N) is 2. The molecule has 2 aromatic rings. The normalized spacial score (nSPS) is 12.2. The van der Waals surface area contributed by atoms with Crippen LogP contribution < -0.4 is 5.32 Å². The zero-order valence-corrected chi connectivity index (χ0v) is 10.7. The van der Waals surface area contributed by atoms with Crippen LogP contribution in [0.3, 0.4) is 0 Å². The summed E-state index contributed by atoms with van der Waals surface area (Å²) >= 11 is 0. The first-order valence-electron chi connectivity index (χ1n) is 5.89. The molecule has 4 heteroatoms. The van der Waals surface area contributed by atoms with E-state index in [4.69, 9.17) is 0 Å². The van der Waals surface area contributed by atoms with E-state index in [1.165, 1.54) is 12.1 Å². The summed E-state index contributed by atoms with van der Waals surface area (Å²) in [6, 6.07) is 8.39. The summed E-state index contributed by atoms with van der Waals surface area (Å²) in [5, 5.41) is 3.21. The lowest BCUT2D eigenvalue weighted by Gasteiger charge is -2.14. The molecule has 1 aromatic heterocycles. The minimum Gasteiger partial charge on any atom is -0.348 e. The number of hydrogen-bond acceptors (Lipinski definition) is 3. The molecule has 1 unspecified atom stereocenters. The van der Waals surface area contributed by atoms with Gasteiger partial charge in [-0.05, 0) is 44.5 Å². The van der Waals surface area contributed by atoms with E-state index in [-0.39, 0.29) is 11.9 Å². The van der Waals surface area contributed by atoms with Crippen molar-refractivity contribution in [1.29, 1.82) is 0 Å². The summed E-state index contributed by atoms with van der Waals surface area (Å²) in [6.07, 6.45) is 0. The molecule has 18 heavy (non-hydrogen) atoms. The fourth-order valence-corrected chi connectivity index (χ4v) is 1.82. The summed E-state index contributed by atoms with van der Waals surface area (Å²) in [4.78, 5) is 8.64. The van der Waals surface area contributed by atoms with Gasteiger partial charge in [-0.1, -0.05) is 12.1 Å². The van der Waals surface area contributed by atoms with E-state index >= 15 is 0 Å². The van der Waals surface area contributed by atoms with Crippen LogP contribution in [0.2, 0.25) is 0 Å². The van der Waals surface area contributed by atoms with Gasteiger partial charge in [-0.3, -0.25) is 0 Å². The van der Waals surface area contributed by atoms with E-state index in [2.05, 4.69) is 15.3 Å². The van der Waals surface area contributed by atoms with Gasteiger partial charge in [-0.2, -0.15) is 0 Å². The summed E-state index contributed by atoms with van der Waals surface area (Å²) < 4.78 is 12.8. The summed E-state index contributed by atoms with van der Waals surface area (Å²) in [5.74, 6) is 0.373. The van der Waals surface area contributed by atoms with Crippen molar-refractivity contribution in [2.75, 3.05) is 5.32 Å². The van der Waals surface area contributed by atoms with Gasteiger partial charge in [0.1, 0.15) is 5.82 Å². The molecule has 3 nitrogen and oxygen atoms in total. The third-order valence-electron chi connectivity index (χ3n) is 2.70. The fraction of sp³-hybridized carbons (Fsp3) is 0.286. The number of nitrogens with one attached hydrogen (secondary N) is 1. The Morgan fingerprint density at radius 2 is 1.61 bits per heavy atom. The van der Waals surface area contributed by atoms with Crippen LogP contribution in [-0.4, -0.2) is 9.97 Å². The van der Waals surface area contributed by atoms with Crippen LogP contribution in [0.1, 0.15) is 29.9 Å². The Morgan fingerprint density at radius 3 is 2.17 bits per heavy atom. The molecular formula is C14H16FN3. The molecule has 0 aliphatic heterocycles. The quantitative estimate of drug-likeness (QED) is 0.900. The van der Waals surface area contributed by atoms with E-state index in [9.17, 15) is 4.39 Å². The van der Waals surface area contributed by atoms with Gasteiger partial charge in [-0.15, -0.1) is 0 Å². The van der Waals surface area contributed by atoms with Crippen molar-refractivity contribution >= 4 is 5.95 Å². The minimum absolute atomic E-state index is 0.0341. The van der Waals surface area contributed by atoms with Crippen molar-refractivity contribution in [1.82, 2.24) is 9.97 Å². The first-order valence-corrected chi connectivity index (χ1v) is 5.89. The van der Waals surface area contributed by atoms with Crippen LogP contribution in [0.4, 0.5) is 10.3 Å². The lowest BCUT2D eigenvalue weighted by molar-refractivity contribution is 0.626. The molecule has 1 aromatic carbocycles. The second kappa shape index (κ2) is 5.12. The molecule has 0 fully saturated rings. The predicted octanol–water partition coefficient (Wildman–Crippen LogP) is 3.41. The number of aryl methyl sites for hydroxylation is 2. The highest BCUT2D eigenvalue weighted by molar-refractivity contribution is 5.33. The summed E-state index contributed by atoms with van der Waals surface area (Å²) in [6.45, 7) is 5.86. The number of anilines is 1. The number of halogens is 1. The van der Waals surface area contributed by atoms with Gasteiger partial charge in [0.05, 0.1) is 6.04 Å². The Morgan fingerprint density at radius 1 is 1.06 bits per heavy atom. The Kier molecular flexibility index (Phi) is 3.55. The van der Waals surface area contributed by atoms with Crippen LogP contribution in [-0.2, 0) is 0 Å². The van der Waals surface area contributed by atoms with Crippen molar-refractivity contribution < 1.29 is 4.39 Å². The Hall–Kier alpha value is -1.97.